The summed E-state index contributed by atoms with van der Waals surface area (Å²) in [5.74, 6) is -2.59. The zero-order valence-corrected chi connectivity index (χ0v) is 28.8. The van der Waals surface area contributed by atoms with Crippen LogP contribution in [0.5, 0.6) is 0 Å². The normalized spacial score (nSPS) is 25.9. The van der Waals surface area contributed by atoms with Gasteiger partial charge >= 0.3 is 0 Å². The van der Waals surface area contributed by atoms with Crippen LogP contribution in [0, 0.1) is 25.7 Å². The van der Waals surface area contributed by atoms with Crippen LogP contribution in [0.15, 0.2) is 104 Å². The molecular weight excluding hydrogens is 614 g/mol. The minimum Gasteiger partial charge on any atom is -0.394 e. The summed E-state index contributed by atoms with van der Waals surface area (Å²) in [7, 11) is 0. The standard InChI is InChI=1S/C41H47N3O5/c1-6-23-42(31-17-13-10-14-18-31)37(46)34-35-38(47)44(32(27-45)26-30-15-11-9-12-16-30)36(41(35)22-21-40(34,8-3)49-41)39(48)43(24-7-2)33-25-28(4)19-20-29(33)5/h6-7,9-20,25,32,34-36,45H,1-2,8,21-24,26-27H2,3-5H3/t32-,34-,35+,36?,40+,41?/m1/s1. The van der Waals surface area contributed by atoms with Gasteiger partial charge in [-0.25, -0.2) is 0 Å². The Morgan fingerprint density at radius 2 is 1.61 bits per heavy atom. The number of hydrogen-bond acceptors (Lipinski definition) is 5. The number of benzene rings is 3. The Bertz CT molecular complexity index is 1730. The Hall–Kier alpha value is -4.53. The molecule has 3 fully saturated rings. The molecule has 3 saturated heterocycles. The zero-order valence-electron chi connectivity index (χ0n) is 28.8. The Morgan fingerprint density at radius 1 is 0.959 bits per heavy atom. The van der Waals surface area contributed by atoms with Crippen molar-refractivity contribution >= 4 is 29.1 Å². The first-order chi connectivity index (χ1) is 23.7. The van der Waals surface area contributed by atoms with E-state index in [1.807, 2.05) is 99.6 Å². The van der Waals surface area contributed by atoms with Gasteiger partial charge in [-0.1, -0.05) is 79.7 Å². The van der Waals surface area contributed by atoms with Gasteiger partial charge in [0.25, 0.3) is 5.91 Å². The van der Waals surface area contributed by atoms with Crippen LogP contribution in [0.3, 0.4) is 0 Å². The highest BCUT2D eigenvalue weighted by Gasteiger charge is 2.79. The predicted octanol–water partition coefficient (Wildman–Crippen LogP) is 5.80. The smallest absolute Gasteiger partial charge is 0.253 e. The maximum Gasteiger partial charge on any atom is 0.253 e. The molecule has 3 amide bonds. The van der Waals surface area contributed by atoms with Gasteiger partial charge in [0.1, 0.15) is 11.6 Å². The number of fused-ring (bicyclic) bond motifs is 1. The van der Waals surface area contributed by atoms with Crippen molar-refractivity contribution in [1.82, 2.24) is 4.90 Å². The Morgan fingerprint density at radius 3 is 2.24 bits per heavy atom. The van der Waals surface area contributed by atoms with E-state index >= 15 is 9.59 Å². The number of para-hydroxylation sites is 1. The number of aliphatic hydroxyl groups is 1. The highest BCUT2D eigenvalue weighted by atomic mass is 16.5. The minimum atomic E-state index is -1.26. The number of aliphatic hydroxyl groups excluding tert-OH is 1. The van der Waals surface area contributed by atoms with E-state index in [1.54, 1.807) is 26.9 Å². The predicted molar refractivity (Wildman–Crippen MR) is 192 cm³/mol. The van der Waals surface area contributed by atoms with Crippen molar-refractivity contribution in [2.45, 2.75) is 69.7 Å². The number of amides is 3. The Kier molecular flexibility index (Phi) is 9.65. The van der Waals surface area contributed by atoms with Crippen molar-refractivity contribution in [3.63, 3.8) is 0 Å². The lowest BCUT2D eigenvalue weighted by Gasteiger charge is -2.40. The molecular formula is C41H47N3O5. The molecule has 0 aliphatic carbocycles. The average Bonchev–Trinajstić information content (AvgIpc) is 3.73. The topological polar surface area (TPSA) is 90.4 Å². The van der Waals surface area contributed by atoms with E-state index in [9.17, 15) is 9.90 Å². The zero-order chi connectivity index (χ0) is 34.9. The lowest BCUT2D eigenvalue weighted by atomic mass is 9.64. The molecule has 3 heterocycles. The molecule has 256 valence electrons. The highest BCUT2D eigenvalue weighted by Crippen LogP contribution is 2.65. The minimum absolute atomic E-state index is 0.216. The molecule has 2 unspecified atom stereocenters. The van der Waals surface area contributed by atoms with E-state index < -0.39 is 35.1 Å². The highest BCUT2D eigenvalue weighted by molar-refractivity contribution is 6.07. The van der Waals surface area contributed by atoms with Gasteiger partial charge in [0.15, 0.2) is 0 Å². The van der Waals surface area contributed by atoms with Crippen molar-refractivity contribution in [3.8, 4) is 0 Å². The van der Waals surface area contributed by atoms with E-state index in [4.69, 9.17) is 4.74 Å². The van der Waals surface area contributed by atoms with Crippen LogP contribution in [0.2, 0.25) is 0 Å². The van der Waals surface area contributed by atoms with E-state index in [-0.39, 0.29) is 37.4 Å². The second kappa shape index (κ2) is 13.8. The molecule has 8 heteroatoms. The summed E-state index contributed by atoms with van der Waals surface area (Å²) in [5, 5.41) is 11.0. The molecule has 1 spiro atoms. The number of rotatable bonds is 13. The SMILES string of the molecule is C=CCN(C(=O)[C@H]1[C@H]2C(=O)N([C@@H](CO)Cc3ccccc3)C(C(=O)N(CC=C)c3cc(C)ccc3C)C23CC[C@]1(CC)O3)c1ccccc1. The van der Waals surface area contributed by atoms with Gasteiger partial charge in [-0.05, 0) is 74.4 Å². The number of nitrogens with zero attached hydrogens (tertiary/aromatic N) is 3. The Labute approximate surface area is 289 Å². The number of ether oxygens (including phenoxy) is 1. The molecule has 6 rings (SSSR count). The van der Waals surface area contributed by atoms with E-state index in [0.29, 0.717) is 31.4 Å². The maximum atomic E-state index is 15.3. The summed E-state index contributed by atoms with van der Waals surface area (Å²) >= 11 is 0. The van der Waals surface area contributed by atoms with Gasteiger partial charge in [-0.3, -0.25) is 14.4 Å². The number of aryl methyl sites for hydroxylation is 2. The fraction of sp³-hybridized carbons (Fsp3) is 0.390. The number of carbonyl (C=O) groups excluding carboxylic acids is 3. The number of anilines is 2. The summed E-state index contributed by atoms with van der Waals surface area (Å²) in [6.07, 6.45) is 5.19. The Balaban J connectivity index is 1.51. The van der Waals surface area contributed by atoms with Gasteiger partial charge in [0, 0.05) is 24.5 Å². The van der Waals surface area contributed by atoms with Gasteiger partial charge in [0.2, 0.25) is 11.8 Å². The average molecular weight is 662 g/mol. The van der Waals surface area contributed by atoms with Crippen molar-refractivity contribution in [2.24, 2.45) is 11.8 Å². The summed E-state index contributed by atoms with van der Waals surface area (Å²) < 4.78 is 7.13. The number of carbonyl (C=O) groups is 3. The number of likely N-dealkylation sites (tertiary alicyclic amines) is 1. The van der Waals surface area contributed by atoms with Crippen LogP contribution in [0.4, 0.5) is 11.4 Å². The summed E-state index contributed by atoms with van der Waals surface area (Å²) in [6, 6.07) is 23.2. The molecule has 0 saturated carbocycles. The molecule has 49 heavy (non-hydrogen) atoms. The first-order valence-corrected chi connectivity index (χ1v) is 17.3. The summed E-state index contributed by atoms with van der Waals surface area (Å²) in [6.45, 7) is 13.9. The van der Waals surface area contributed by atoms with Crippen molar-refractivity contribution < 1.29 is 24.2 Å². The molecule has 0 aromatic heterocycles. The molecule has 6 atom stereocenters. The van der Waals surface area contributed by atoms with E-state index in [0.717, 1.165) is 22.4 Å². The van der Waals surface area contributed by atoms with Crippen LogP contribution in [-0.2, 0) is 25.5 Å². The van der Waals surface area contributed by atoms with Crippen LogP contribution < -0.4 is 9.80 Å². The molecule has 3 aromatic carbocycles. The maximum absolute atomic E-state index is 15.3. The van der Waals surface area contributed by atoms with Gasteiger partial charge < -0.3 is 24.5 Å². The second-order valence-electron chi connectivity index (χ2n) is 13.7. The summed E-state index contributed by atoms with van der Waals surface area (Å²) in [5.41, 5.74) is 2.08. The van der Waals surface area contributed by atoms with Crippen molar-refractivity contribution in [2.75, 3.05) is 29.5 Å². The fourth-order valence-corrected chi connectivity index (χ4v) is 8.66. The summed E-state index contributed by atoms with van der Waals surface area (Å²) in [4.78, 5) is 50.3. The monoisotopic (exact) mass is 661 g/mol. The second-order valence-corrected chi connectivity index (χ2v) is 13.7. The number of hydrogen-bond donors (Lipinski definition) is 1. The van der Waals surface area contributed by atoms with E-state index in [2.05, 4.69) is 13.2 Å². The molecule has 2 bridgehead atoms. The molecule has 8 nitrogen and oxygen atoms in total. The molecule has 3 aliphatic heterocycles. The lowest BCUT2D eigenvalue weighted by Crippen LogP contribution is -2.59. The van der Waals surface area contributed by atoms with Crippen molar-refractivity contribution in [3.05, 3.63) is 121 Å². The quantitative estimate of drug-likeness (QED) is 0.234. The van der Waals surface area contributed by atoms with E-state index in [1.165, 1.54) is 0 Å². The van der Waals surface area contributed by atoms with Crippen LogP contribution >= 0.6 is 0 Å². The van der Waals surface area contributed by atoms with Crippen LogP contribution in [0.1, 0.15) is 42.9 Å². The largest absolute Gasteiger partial charge is 0.394 e. The third-order valence-electron chi connectivity index (χ3n) is 10.9. The first kappa shape index (κ1) is 34.3. The van der Waals surface area contributed by atoms with Crippen LogP contribution in [-0.4, -0.2) is 70.7 Å². The molecule has 3 aliphatic rings. The van der Waals surface area contributed by atoms with Gasteiger partial charge in [0.05, 0.1) is 30.1 Å². The fourth-order valence-electron chi connectivity index (χ4n) is 8.66. The van der Waals surface area contributed by atoms with Crippen molar-refractivity contribution in [1.29, 1.82) is 0 Å². The molecule has 0 radical (unpaired) electrons. The third-order valence-corrected chi connectivity index (χ3v) is 10.9. The van der Waals surface area contributed by atoms with Crippen LogP contribution in [0.25, 0.3) is 0 Å². The van der Waals surface area contributed by atoms with Gasteiger partial charge in [-0.2, -0.15) is 0 Å². The first-order valence-electron chi connectivity index (χ1n) is 17.3. The lowest BCUT2D eigenvalue weighted by molar-refractivity contribution is -0.149. The third kappa shape index (κ3) is 5.71. The molecule has 3 aromatic rings. The molecule has 1 N–H and O–H groups in total. The van der Waals surface area contributed by atoms with Gasteiger partial charge in [-0.15, -0.1) is 13.2 Å².